The van der Waals surface area contributed by atoms with Gasteiger partial charge in [0, 0.05) is 18.7 Å². The molecule has 1 aromatic heterocycles. The Bertz CT molecular complexity index is 663. The van der Waals surface area contributed by atoms with Gasteiger partial charge in [-0.1, -0.05) is 49.8 Å². The van der Waals surface area contributed by atoms with E-state index in [1.54, 1.807) is 0 Å². The molecule has 4 fully saturated rings. The molecule has 0 bridgehead atoms. The molecule has 5 heteroatoms. The van der Waals surface area contributed by atoms with E-state index in [1.807, 2.05) is 12.3 Å². The van der Waals surface area contributed by atoms with Crippen LogP contribution in [0.25, 0.3) is 0 Å². The number of nitrogens with zero attached hydrogens (tertiary/aromatic N) is 1. The zero-order valence-electron chi connectivity index (χ0n) is 17.5. The van der Waals surface area contributed by atoms with Crippen molar-refractivity contribution in [1.29, 1.82) is 0 Å². The molecule has 0 radical (unpaired) electrons. The van der Waals surface area contributed by atoms with Crippen molar-refractivity contribution in [2.75, 3.05) is 13.1 Å². The highest BCUT2D eigenvalue weighted by Gasteiger charge is 2.44. The van der Waals surface area contributed by atoms with Crippen LogP contribution in [0, 0.1) is 17.8 Å². The maximum Gasteiger partial charge on any atom is 0.129 e. The van der Waals surface area contributed by atoms with Crippen molar-refractivity contribution in [1.82, 2.24) is 15.6 Å². The second-order valence-corrected chi connectivity index (χ2v) is 10.2. The lowest BCUT2D eigenvalue weighted by Crippen LogP contribution is -2.52. The molecule has 2 saturated carbocycles. The summed E-state index contributed by atoms with van der Waals surface area (Å²) in [6.07, 6.45) is 16.8. The van der Waals surface area contributed by atoms with Gasteiger partial charge in [0.25, 0.3) is 0 Å². The third-order valence-electron chi connectivity index (χ3n) is 8.13. The van der Waals surface area contributed by atoms with Gasteiger partial charge in [-0.05, 0) is 68.0 Å². The van der Waals surface area contributed by atoms with Crippen molar-refractivity contribution in [2.45, 2.75) is 88.5 Å². The molecule has 3 heterocycles. The summed E-state index contributed by atoms with van der Waals surface area (Å²) >= 11 is 6.02. The summed E-state index contributed by atoms with van der Waals surface area (Å²) in [7, 11) is 0. The molecule has 0 spiro atoms. The third-order valence-corrected chi connectivity index (χ3v) is 8.36. The second-order valence-electron chi connectivity index (χ2n) is 9.86. The molecule has 2 saturated heterocycles. The van der Waals surface area contributed by atoms with E-state index in [-0.39, 0.29) is 0 Å². The highest BCUT2D eigenvalue weighted by molar-refractivity contribution is 6.29. The summed E-state index contributed by atoms with van der Waals surface area (Å²) in [6.45, 7) is 2.17. The molecule has 29 heavy (non-hydrogen) atoms. The number of nitrogens with one attached hydrogen (secondary N) is 2. The number of hydrogen-bond acceptors (Lipinski definition) is 4. The minimum absolute atomic E-state index is 0.438. The SMILES string of the molecule is Clc1ccc(C2CNC3NCC(C4CCCC[C@H]4OC4CCCCC4)CC32)cn1. The van der Waals surface area contributed by atoms with E-state index in [9.17, 15) is 0 Å². The van der Waals surface area contributed by atoms with Gasteiger partial charge in [-0.3, -0.25) is 0 Å². The van der Waals surface area contributed by atoms with Crippen molar-refractivity contribution in [3.63, 3.8) is 0 Å². The molecule has 5 unspecified atom stereocenters. The number of rotatable bonds is 4. The molecule has 160 valence electrons. The maximum absolute atomic E-state index is 6.77. The van der Waals surface area contributed by atoms with Crippen LogP contribution in [0.2, 0.25) is 5.15 Å². The Morgan fingerprint density at radius 3 is 2.52 bits per heavy atom. The Hall–Kier alpha value is -0.680. The van der Waals surface area contributed by atoms with Gasteiger partial charge in [-0.2, -0.15) is 0 Å². The molecule has 2 aliphatic carbocycles. The van der Waals surface area contributed by atoms with Gasteiger partial charge in [0.2, 0.25) is 0 Å². The predicted octanol–water partition coefficient (Wildman–Crippen LogP) is 4.88. The number of hydrogen-bond donors (Lipinski definition) is 2. The molecule has 5 rings (SSSR count). The van der Waals surface area contributed by atoms with Crippen molar-refractivity contribution >= 4 is 11.6 Å². The summed E-state index contributed by atoms with van der Waals surface area (Å²) in [5.74, 6) is 2.62. The van der Waals surface area contributed by atoms with E-state index in [1.165, 1.54) is 69.8 Å². The Labute approximate surface area is 180 Å². The smallest absolute Gasteiger partial charge is 0.129 e. The highest BCUT2D eigenvalue weighted by atomic mass is 35.5. The van der Waals surface area contributed by atoms with Crippen molar-refractivity contribution in [2.24, 2.45) is 17.8 Å². The third kappa shape index (κ3) is 4.51. The van der Waals surface area contributed by atoms with E-state index < -0.39 is 0 Å². The van der Waals surface area contributed by atoms with Crippen LogP contribution in [-0.4, -0.2) is 36.4 Å². The number of aromatic nitrogens is 1. The van der Waals surface area contributed by atoms with E-state index >= 15 is 0 Å². The average molecular weight is 418 g/mol. The van der Waals surface area contributed by atoms with Crippen LogP contribution < -0.4 is 10.6 Å². The maximum atomic E-state index is 6.77. The molecule has 2 aliphatic heterocycles. The first-order valence-electron chi connectivity index (χ1n) is 12.0. The molecule has 0 aromatic carbocycles. The van der Waals surface area contributed by atoms with Crippen molar-refractivity contribution in [3.05, 3.63) is 29.0 Å². The van der Waals surface area contributed by atoms with Gasteiger partial charge < -0.3 is 15.4 Å². The first kappa shape index (κ1) is 20.2. The van der Waals surface area contributed by atoms with Gasteiger partial charge in [-0.25, -0.2) is 4.98 Å². The van der Waals surface area contributed by atoms with Crippen LogP contribution in [0.4, 0.5) is 0 Å². The molecule has 1 aromatic rings. The zero-order chi connectivity index (χ0) is 19.6. The quantitative estimate of drug-likeness (QED) is 0.685. The Morgan fingerprint density at radius 2 is 1.69 bits per heavy atom. The Morgan fingerprint density at radius 1 is 0.897 bits per heavy atom. The van der Waals surface area contributed by atoms with Crippen LogP contribution in [0.3, 0.4) is 0 Å². The number of fused-ring (bicyclic) bond motifs is 1. The zero-order valence-corrected chi connectivity index (χ0v) is 18.2. The lowest BCUT2D eigenvalue weighted by molar-refractivity contribution is -0.0901. The number of ether oxygens (including phenoxy) is 1. The van der Waals surface area contributed by atoms with Gasteiger partial charge in [-0.15, -0.1) is 0 Å². The Balaban J connectivity index is 1.27. The summed E-state index contributed by atoms with van der Waals surface area (Å²) in [5, 5.41) is 8.15. The molecule has 2 N–H and O–H groups in total. The number of halogens is 1. The highest BCUT2D eigenvalue weighted by Crippen LogP contribution is 2.43. The molecule has 4 nitrogen and oxygen atoms in total. The minimum atomic E-state index is 0.438. The summed E-state index contributed by atoms with van der Waals surface area (Å²) in [4.78, 5) is 4.34. The predicted molar refractivity (Wildman–Crippen MR) is 117 cm³/mol. The fourth-order valence-electron chi connectivity index (χ4n) is 6.60. The van der Waals surface area contributed by atoms with Crippen LogP contribution in [0.5, 0.6) is 0 Å². The number of piperidine rings is 1. The van der Waals surface area contributed by atoms with E-state index in [2.05, 4.69) is 21.7 Å². The standard InChI is InChI=1S/C24H36ClN3O/c25-23-11-10-16(13-26-23)21-15-28-24-20(21)12-17(14-27-24)19-8-4-5-9-22(19)29-18-6-2-1-3-7-18/h10-11,13,17-22,24,27-28H,1-9,12,14-15H2/t17?,19?,20?,21?,22-,24?/m1/s1. The van der Waals surface area contributed by atoms with Gasteiger partial charge in [0.1, 0.15) is 5.15 Å². The fraction of sp³-hybridized carbons (Fsp3) is 0.792. The van der Waals surface area contributed by atoms with Crippen LogP contribution >= 0.6 is 11.6 Å². The summed E-state index contributed by atoms with van der Waals surface area (Å²) in [6, 6.07) is 4.11. The molecule has 6 atom stereocenters. The normalized spacial score (nSPS) is 38.7. The molecular weight excluding hydrogens is 382 g/mol. The summed E-state index contributed by atoms with van der Waals surface area (Å²) < 4.78 is 6.77. The van der Waals surface area contributed by atoms with Crippen molar-refractivity contribution in [3.8, 4) is 0 Å². The molecule has 4 aliphatic rings. The first-order valence-corrected chi connectivity index (χ1v) is 12.4. The molecule has 0 amide bonds. The summed E-state index contributed by atoms with van der Waals surface area (Å²) in [5.41, 5.74) is 1.33. The van der Waals surface area contributed by atoms with Gasteiger partial charge in [0.15, 0.2) is 0 Å². The average Bonchev–Trinajstić information content (AvgIpc) is 3.19. The van der Waals surface area contributed by atoms with Gasteiger partial charge in [0.05, 0.1) is 18.4 Å². The van der Waals surface area contributed by atoms with Crippen LogP contribution in [0.15, 0.2) is 18.3 Å². The van der Waals surface area contributed by atoms with Crippen LogP contribution in [-0.2, 0) is 4.74 Å². The largest absolute Gasteiger partial charge is 0.375 e. The van der Waals surface area contributed by atoms with E-state index in [0.29, 0.717) is 35.4 Å². The second kappa shape index (κ2) is 9.21. The van der Waals surface area contributed by atoms with Crippen LogP contribution in [0.1, 0.15) is 75.7 Å². The monoisotopic (exact) mass is 417 g/mol. The number of pyridine rings is 1. The lowest BCUT2D eigenvalue weighted by atomic mass is 9.70. The van der Waals surface area contributed by atoms with E-state index in [4.69, 9.17) is 16.3 Å². The van der Waals surface area contributed by atoms with Gasteiger partial charge >= 0.3 is 0 Å². The fourth-order valence-corrected chi connectivity index (χ4v) is 6.72. The van der Waals surface area contributed by atoms with E-state index in [0.717, 1.165) is 24.9 Å². The minimum Gasteiger partial charge on any atom is -0.375 e. The lowest BCUT2D eigenvalue weighted by Gasteiger charge is -2.44. The topological polar surface area (TPSA) is 46.2 Å². The van der Waals surface area contributed by atoms with Crippen molar-refractivity contribution < 1.29 is 4.74 Å². The first-order chi connectivity index (χ1) is 14.3. The Kier molecular flexibility index (Phi) is 6.43. The molecular formula is C24H36ClN3O.